The lowest BCUT2D eigenvalue weighted by Crippen LogP contribution is -2.48. The van der Waals surface area contributed by atoms with Gasteiger partial charge in [-0.15, -0.1) is 0 Å². The molecule has 4 nitrogen and oxygen atoms in total. The first-order chi connectivity index (χ1) is 9.06. The maximum atomic E-state index is 13.2. The number of nitrogens with zero attached hydrogens (tertiary/aromatic N) is 2. The smallest absolute Gasteiger partial charge is 0.222 e. The molecule has 0 spiro atoms. The van der Waals surface area contributed by atoms with Crippen molar-refractivity contribution in [2.45, 2.75) is 25.4 Å². The van der Waals surface area contributed by atoms with Gasteiger partial charge in [-0.1, -0.05) is 6.07 Å². The van der Waals surface area contributed by atoms with Crippen molar-refractivity contribution in [2.24, 2.45) is 0 Å². The molecule has 1 aromatic rings. The van der Waals surface area contributed by atoms with Gasteiger partial charge in [0.2, 0.25) is 5.91 Å². The van der Waals surface area contributed by atoms with E-state index in [0.29, 0.717) is 30.9 Å². The largest absolute Gasteiger partial charge is 0.347 e. The first kappa shape index (κ1) is 12.1. The molecule has 0 aliphatic carbocycles. The number of likely N-dealkylation sites (N-methyl/N-ethyl adjacent to an activating group) is 1. The maximum absolute atomic E-state index is 13.2. The van der Waals surface area contributed by atoms with Crippen LogP contribution in [-0.2, 0) is 11.3 Å². The molecule has 2 heterocycles. The van der Waals surface area contributed by atoms with E-state index < -0.39 is 0 Å². The van der Waals surface area contributed by atoms with Gasteiger partial charge in [-0.25, -0.2) is 4.39 Å². The molecule has 1 unspecified atom stereocenters. The molecule has 5 heteroatoms. The highest BCUT2D eigenvalue weighted by molar-refractivity contribution is 6.00. The molecule has 1 atom stereocenters. The Morgan fingerprint density at radius 3 is 2.95 bits per heavy atom. The number of piperidine rings is 1. The van der Waals surface area contributed by atoms with Crippen molar-refractivity contribution < 1.29 is 9.18 Å². The summed E-state index contributed by atoms with van der Waals surface area (Å²) >= 11 is 0. The molecule has 0 bridgehead atoms. The van der Waals surface area contributed by atoms with E-state index in [1.807, 2.05) is 4.90 Å². The Morgan fingerprint density at radius 2 is 2.21 bits per heavy atom. The van der Waals surface area contributed by atoms with Gasteiger partial charge < -0.3 is 9.80 Å². The van der Waals surface area contributed by atoms with E-state index in [0.717, 1.165) is 12.0 Å². The zero-order valence-electron chi connectivity index (χ0n) is 10.8. The lowest BCUT2D eigenvalue weighted by molar-refractivity contribution is -0.133. The third-order valence-electron chi connectivity index (χ3n) is 4.00. The van der Waals surface area contributed by atoms with Crippen LogP contribution >= 0.6 is 0 Å². The number of rotatable bonds is 1. The predicted octanol–water partition coefficient (Wildman–Crippen LogP) is 1.59. The lowest BCUT2D eigenvalue weighted by Gasteiger charge is -2.36. The predicted molar refractivity (Wildman–Crippen MR) is 69.4 cm³/mol. The topological polar surface area (TPSA) is 47.4 Å². The van der Waals surface area contributed by atoms with Crippen molar-refractivity contribution in [3.8, 4) is 0 Å². The number of amidine groups is 1. The number of likely N-dealkylation sites (tertiary alicyclic amines) is 1. The van der Waals surface area contributed by atoms with Crippen LogP contribution in [0.1, 0.15) is 24.0 Å². The zero-order valence-corrected chi connectivity index (χ0v) is 10.8. The maximum Gasteiger partial charge on any atom is 0.222 e. The van der Waals surface area contributed by atoms with Crippen LogP contribution in [0.2, 0.25) is 0 Å². The third-order valence-corrected chi connectivity index (χ3v) is 4.00. The molecule has 0 aromatic heterocycles. The fraction of sp³-hybridized carbons (Fsp3) is 0.429. The molecule has 2 aliphatic rings. The van der Waals surface area contributed by atoms with Gasteiger partial charge >= 0.3 is 0 Å². The van der Waals surface area contributed by atoms with Gasteiger partial charge in [0.15, 0.2) is 0 Å². The number of halogens is 1. The number of hydrogen-bond donors (Lipinski definition) is 1. The molecule has 1 fully saturated rings. The molecule has 0 saturated carbocycles. The Morgan fingerprint density at radius 1 is 1.42 bits per heavy atom. The monoisotopic (exact) mass is 261 g/mol. The molecular weight excluding hydrogens is 245 g/mol. The SMILES string of the molecule is CN1CC(N2Cc3ccc(F)cc3C2=N)CCC1=O. The fourth-order valence-electron chi connectivity index (χ4n) is 2.88. The third kappa shape index (κ3) is 1.99. The first-order valence-electron chi connectivity index (χ1n) is 6.44. The van der Waals surface area contributed by atoms with E-state index in [1.165, 1.54) is 12.1 Å². The highest BCUT2D eigenvalue weighted by Gasteiger charge is 2.34. The molecule has 100 valence electrons. The molecular formula is C14H16FN3O. The van der Waals surface area contributed by atoms with Crippen LogP contribution in [0, 0.1) is 11.2 Å². The van der Waals surface area contributed by atoms with Crippen molar-refractivity contribution in [2.75, 3.05) is 13.6 Å². The minimum absolute atomic E-state index is 0.158. The van der Waals surface area contributed by atoms with Crippen LogP contribution in [0.4, 0.5) is 4.39 Å². The van der Waals surface area contributed by atoms with E-state index in [2.05, 4.69) is 0 Å². The Kier molecular flexibility index (Phi) is 2.77. The van der Waals surface area contributed by atoms with Crippen LogP contribution in [0.5, 0.6) is 0 Å². The standard InChI is InChI=1S/C14H16FN3O/c1-17-8-11(4-5-13(17)19)18-7-9-2-3-10(15)6-12(9)14(18)16/h2-3,6,11,16H,4-5,7-8H2,1H3. The minimum Gasteiger partial charge on any atom is -0.347 e. The van der Waals surface area contributed by atoms with Gasteiger partial charge in [-0.3, -0.25) is 10.2 Å². The van der Waals surface area contributed by atoms with Gasteiger partial charge in [-0.05, 0) is 24.1 Å². The van der Waals surface area contributed by atoms with Gasteiger partial charge in [0.1, 0.15) is 11.7 Å². The van der Waals surface area contributed by atoms with E-state index in [-0.39, 0.29) is 17.8 Å². The van der Waals surface area contributed by atoms with Crippen LogP contribution in [-0.4, -0.2) is 41.2 Å². The Labute approximate surface area is 111 Å². The number of carbonyl (C=O) groups is 1. The number of amides is 1. The van der Waals surface area contributed by atoms with Crippen molar-refractivity contribution in [1.29, 1.82) is 5.41 Å². The molecule has 1 saturated heterocycles. The molecule has 1 N–H and O–H groups in total. The number of fused-ring (bicyclic) bond motifs is 1. The second-order valence-electron chi connectivity index (χ2n) is 5.24. The van der Waals surface area contributed by atoms with Crippen LogP contribution in [0.15, 0.2) is 18.2 Å². The number of carbonyl (C=O) groups excluding carboxylic acids is 1. The van der Waals surface area contributed by atoms with Gasteiger partial charge in [0, 0.05) is 38.2 Å². The summed E-state index contributed by atoms with van der Waals surface area (Å²) in [5.74, 6) is 0.231. The summed E-state index contributed by atoms with van der Waals surface area (Å²) in [5, 5.41) is 8.19. The Bertz CT molecular complexity index is 558. The van der Waals surface area contributed by atoms with Crippen molar-refractivity contribution in [1.82, 2.24) is 9.80 Å². The number of benzene rings is 1. The second-order valence-corrected chi connectivity index (χ2v) is 5.24. The highest BCUT2D eigenvalue weighted by Crippen LogP contribution is 2.28. The second kappa shape index (κ2) is 4.33. The first-order valence-corrected chi connectivity index (χ1v) is 6.44. The van der Waals surface area contributed by atoms with E-state index in [9.17, 15) is 9.18 Å². The lowest BCUT2D eigenvalue weighted by atomic mass is 10.0. The van der Waals surface area contributed by atoms with Gasteiger partial charge in [-0.2, -0.15) is 0 Å². The molecule has 19 heavy (non-hydrogen) atoms. The summed E-state index contributed by atoms with van der Waals surface area (Å²) in [6, 6.07) is 4.77. The number of hydrogen-bond acceptors (Lipinski definition) is 2. The molecule has 2 aliphatic heterocycles. The average molecular weight is 261 g/mol. The summed E-state index contributed by atoms with van der Waals surface area (Å²) in [5.41, 5.74) is 1.67. The summed E-state index contributed by atoms with van der Waals surface area (Å²) < 4.78 is 13.2. The molecule has 0 radical (unpaired) electrons. The van der Waals surface area contributed by atoms with Gasteiger partial charge in [0.05, 0.1) is 0 Å². The molecule has 1 amide bonds. The van der Waals surface area contributed by atoms with Gasteiger partial charge in [0.25, 0.3) is 0 Å². The summed E-state index contributed by atoms with van der Waals surface area (Å²) in [7, 11) is 1.79. The highest BCUT2D eigenvalue weighted by atomic mass is 19.1. The van der Waals surface area contributed by atoms with E-state index in [4.69, 9.17) is 5.41 Å². The average Bonchev–Trinajstić information content (AvgIpc) is 2.70. The van der Waals surface area contributed by atoms with E-state index >= 15 is 0 Å². The quantitative estimate of drug-likeness (QED) is 0.834. The normalized spacial score (nSPS) is 22.9. The summed E-state index contributed by atoms with van der Waals surface area (Å²) in [6.07, 6.45) is 1.29. The van der Waals surface area contributed by atoms with Crippen molar-refractivity contribution >= 4 is 11.7 Å². The van der Waals surface area contributed by atoms with Crippen LogP contribution in [0.3, 0.4) is 0 Å². The Hall–Kier alpha value is -1.91. The van der Waals surface area contributed by atoms with Crippen LogP contribution < -0.4 is 0 Å². The zero-order chi connectivity index (χ0) is 13.6. The number of nitrogens with one attached hydrogen (secondary N) is 1. The van der Waals surface area contributed by atoms with Crippen molar-refractivity contribution in [3.63, 3.8) is 0 Å². The molecule has 3 rings (SSSR count). The Balaban J connectivity index is 1.82. The fourth-order valence-corrected chi connectivity index (χ4v) is 2.88. The minimum atomic E-state index is -0.304. The van der Waals surface area contributed by atoms with Crippen LogP contribution in [0.25, 0.3) is 0 Å². The van der Waals surface area contributed by atoms with E-state index in [1.54, 1.807) is 18.0 Å². The summed E-state index contributed by atoms with van der Waals surface area (Å²) in [6.45, 7) is 1.28. The summed E-state index contributed by atoms with van der Waals surface area (Å²) in [4.78, 5) is 15.2. The molecule has 1 aromatic carbocycles. The van der Waals surface area contributed by atoms with Crippen molar-refractivity contribution in [3.05, 3.63) is 35.1 Å².